The number of hydrogen-bond donors (Lipinski definition) is 4. The van der Waals surface area contributed by atoms with E-state index in [0.29, 0.717) is 76.9 Å². The van der Waals surface area contributed by atoms with E-state index in [0.717, 1.165) is 0 Å². The van der Waals surface area contributed by atoms with Crippen molar-refractivity contribution in [1.29, 1.82) is 0 Å². The summed E-state index contributed by atoms with van der Waals surface area (Å²) in [6, 6.07) is 43.4. The summed E-state index contributed by atoms with van der Waals surface area (Å²) in [5, 5.41) is 48.9. The number of amides is 2. The van der Waals surface area contributed by atoms with E-state index in [1.807, 2.05) is 30.3 Å². The van der Waals surface area contributed by atoms with Gasteiger partial charge in [-0.1, -0.05) is 96.0 Å². The van der Waals surface area contributed by atoms with Gasteiger partial charge in [0.2, 0.25) is 5.89 Å². The highest BCUT2D eigenvalue weighted by Crippen LogP contribution is 2.42. The lowest BCUT2D eigenvalue weighted by atomic mass is 10.0. The lowest BCUT2D eigenvalue weighted by Crippen LogP contribution is -2.12. The number of anilines is 2. The summed E-state index contributed by atoms with van der Waals surface area (Å²) in [4.78, 5) is 31.2. The molecule has 0 bridgehead atoms. The van der Waals surface area contributed by atoms with Crippen LogP contribution in [0.25, 0.3) is 44.1 Å². The molecule has 0 spiro atoms. The fourth-order valence-corrected chi connectivity index (χ4v) is 7.04. The second-order valence-corrected chi connectivity index (χ2v) is 14.5. The van der Waals surface area contributed by atoms with Crippen LogP contribution < -0.4 is 10.6 Å². The highest BCUT2D eigenvalue weighted by molar-refractivity contribution is 6.34. The van der Waals surface area contributed by atoms with Crippen LogP contribution in [-0.2, 0) is 0 Å². The summed E-state index contributed by atoms with van der Waals surface area (Å²) in [6.07, 6.45) is 0. The third-order valence-corrected chi connectivity index (χ3v) is 10.4. The Hall–Kier alpha value is -7.93. The molecule has 0 radical (unpaired) electrons. The first-order chi connectivity index (χ1) is 29.7. The molecule has 14 heteroatoms. The summed E-state index contributed by atoms with van der Waals surface area (Å²) in [6.45, 7) is 0. The summed E-state index contributed by atoms with van der Waals surface area (Å²) in [5.74, 6) is -1.44. The number of aromatic nitrogens is 1. The van der Waals surface area contributed by atoms with Crippen LogP contribution in [0.15, 0.2) is 177 Å². The van der Waals surface area contributed by atoms with Gasteiger partial charge >= 0.3 is 0 Å². The molecule has 0 unspecified atom stereocenters. The predicted molar refractivity (Wildman–Crippen MR) is 238 cm³/mol. The van der Waals surface area contributed by atoms with Gasteiger partial charge in [-0.05, 0) is 83.6 Å². The van der Waals surface area contributed by atoms with Crippen LogP contribution >= 0.6 is 23.2 Å². The summed E-state index contributed by atoms with van der Waals surface area (Å²) in [5.41, 5.74) is 3.64. The van der Waals surface area contributed by atoms with E-state index < -0.39 is 11.8 Å². The standard InChI is InChI=1S/C47H29Cl2N7O5/c48-35-13-5-7-15-37(35)50-45(59)33-23-27-9-1-3-11-31(27)41(43(33)57)55-53-29-19-17-26(18-20-29)47-52-39-22-21-30(25-40(39)61-47)54-56-42-32-12-4-2-10-28(32)24-34(44(42)58)46(60)51-38-16-8-6-14-36(38)49/h1-25,57-58H,(H,50,59)(H,51,60). The quantitative estimate of drug-likeness (QED) is 0.105. The van der Waals surface area contributed by atoms with Crippen molar-refractivity contribution in [1.82, 2.24) is 4.98 Å². The predicted octanol–water partition coefficient (Wildman–Crippen LogP) is 13.9. The van der Waals surface area contributed by atoms with Crippen LogP contribution in [0.1, 0.15) is 20.7 Å². The average molecular weight is 843 g/mol. The van der Waals surface area contributed by atoms with Crippen molar-refractivity contribution in [2.75, 3.05) is 10.6 Å². The van der Waals surface area contributed by atoms with Crippen molar-refractivity contribution >= 4 is 102 Å². The molecular formula is C47H29Cl2N7O5. The van der Waals surface area contributed by atoms with Crippen molar-refractivity contribution in [2.24, 2.45) is 20.5 Å². The van der Waals surface area contributed by atoms with Crippen LogP contribution in [0.4, 0.5) is 34.1 Å². The molecule has 4 N–H and O–H groups in total. The highest BCUT2D eigenvalue weighted by atomic mass is 35.5. The van der Waals surface area contributed by atoms with Gasteiger partial charge in [0.25, 0.3) is 11.8 Å². The number of fused-ring (bicyclic) bond motifs is 3. The number of phenols is 2. The number of hydrogen-bond acceptors (Lipinski definition) is 10. The largest absolute Gasteiger partial charge is 0.505 e. The summed E-state index contributed by atoms with van der Waals surface area (Å²) in [7, 11) is 0. The van der Waals surface area contributed by atoms with Crippen molar-refractivity contribution in [2.45, 2.75) is 0 Å². The van der Waals surface area contributed by atoms with Crippen molar-refractivity contribution in [3.63, 3.8) is 0 Å². The molecule has 1 aromatic heterocycles. The minimum atomic E-state index is -0.561. The number of carbonyl (C=O) groups is 2. The Morgan fingerprint density at radius 1 is 0.541 bits per heavy atom. The molecule has 0 aliphatic rings. The second kappa shape index (κ2) is 16.4. The minimum absolute atomic E-state index is 0.00546. The van der Waals surface area contributed by atoms with E-state index >= 15 is 0 Å². The fraction of sp³-hybridized carbons (Fsp3) is 0. The highest BCUT2D eigenvalue weighted by Gasteiger charge is 2.21. The minimum Gasteiger partial charge on any atom is -0.505 e. The van der Waals surface area contributed by atoms with Gasteiger partial charge in [0.1, 0.15) is 16.9 Å². The summed E-state index contributed by atoms with van der Waals surface area (Å²) >= 11 is 12.5. The number of rotatable bonds is 9. The van der Waals surface area contributed by atoms with Crippen LogP contribution in [0.2, 0.25) is 10.0 Å². The molecule has 8 aromatic carbocycles. The van der Waals surface area contributed by atoms with E-state index in [1.165, 1.54) is 0 Å². The van der Waals surface area contributed by atoms with Gasteiger partial charge < -0.3 is 25.3 Å². The number of nitrogens with zero attached hydrogens (tertiary/aromatic N) is 5. The second-order valence-electron chi connectivity index (χ2n) is 13.7. The number of oxazole rings is 1. The maximum Gasteiger partial charge on any atom is 0.259 e. The molecule has 9 rings (SSSR count). The molecule has 0 saturated heterocycles. The van der Waals surface area contributed by atoms with Crippen molar-refractivity contribution in [3.8, 4) is 23.0 Å². The third-order valence-electron chi connectivity index (χ3n) is 9.74. The average Bonchev–Trinajstić information content (AvgIpc) is 3.71. The number of benzene rings is 8. The van der Waals surface area contributed by atoms with E-state index in [9.17, 15) is 19.8 Å². The Morgan fingerprint density at radius 2 is 1.02 bits per heavy atom. The lowest BCUT2D eigenvalue weighted by Gasteiger charge is -2.12. The maximum absolute atomic E-state index is 13.3. The molecule has 1 heterocycles. The molecule has 2 amide bonds. The molecule has 0 atom stereocenters. The van der Waals surface area contributed by atoms with E-state index in [1.54, 1.807) is 121 Å². The Labute approximate surface area is 356 Å². The number of nitrogens with one attached hydrogen (secondary N) is 2. The third kappa shape index (κ3) is 7.84. The zero-order chi connectivity index (χ0) is 42.0. The molecule has 9 aromatic rings. The maximum atomic E-state index is 13.3. The van der Waals surface area contributed by atoms with E-state index in [4.69, 9.17) is 27.6 Å². The molecule has 12 nitrogen and oxygen atoms in total. The van der Waals surface area contributed by atoms with Gasteiger partial charge in [0, 0.05) is 22.4 Å². The molecular weight excluding hydrogens is 813 g/mol. The zero-order valence-electron chi connectivity index (χ0n) is 31.5. The number of aromatic hydroxyl groups is 2. The van der Waals surface area contributed by atoms with Crippen molar-refractivity contribution < 1.29 is 24.2 Å². The zero-order valence-corrected chi connectivity index (χ0v) is 33.1. The molecule has 0 fully saturated rings. The van der Waals surface area contributed by atoms with Crippen LogP contribution in [-0.4, -0.2) is 27.0 Å². The van der Waals surface area contributed by atoms with Gasteiger partial charge in [-0.3, -0.25) is 9.59 Å². The van der Waals surface area contributed by atoms with Crippen LogP contribution in [0.5, 0.6) is 11.5 Å². The monoisotopic (exact) mass is 841 g/mol. The van der Waals surface area contributed by atoms with E-state index in [-0.39, 0.29) is 34.0 Å². The van der Waals surface area contributed by atoms with Crippen LogP contribution in [0.3, 0.4) is 0 Å². The number of azo groups is 2. The molecule has 0 aliphatic heterocycles. The number of halogens is 2. The molecule has 61 heavy (non-hydrogen) atoms. The topological polar surface area (TPSA) is 174 Å². The molecule has 296 valence electrons. The van der Waals surface area contributed by atoms with E-state index in [2.05, 4.69) is 36.1 Å². The van der Waals surface area contributed by atoms with Crippen LogP contribution in [0, 0.1) is 0 Å². The SMILES string of the molecule is O=C(Nc1ccccc1Cl)c1cc2ccccc2c(N=Nc2ccc(-c3nc4ccc(N=Nc5c(O)c(C(=O)Nc6ccccc6Cl)cc6ccccc56)cc4o3)cc2)c1O. The molecule has 0 aliphatic carbocycles. The number of carbonyl (C=O) groups excluding carboxylic acids is 2. The smallest absolute Gasteiger partial charge is 0.259 e. The Morgan fingerprint density at radius 3 is 1.56 bits per heavy atom. The first-order valence-corrected chi connectivity index (χ1v) is 19.4. The van der Waals surface area contributed by atoms with Gasteiger partial charge in [0.15, 0.2) is 17.1 Å². The first-order valence-electron chi connectivity index (χ1n) is 18.7. The Kier molecular flexibility index (Phi) is 10.4. The van der Waals surface area contributed by atoms with Crippen molar-refractivity contribution in [3.05, 3.63) is 173 Å². The van der Waals surface area contributed by atoms with Gasteiger partial charge in [-0.2, -0.15) is 10.2 Å². The number of phenolic OH excluding ortho intramolecular Hbond substituents is 2. The molecule has 0 saturated carbocycles. The Balaban J connectivity index is 0.956. The lowest BCUT2D eigenvalue weighted by molar-refractivity contribution is 0.101. The summed E-state index contributed by atoms with van der Waals surface area (Å²) < 4.78 is 6.12. The van der Waals surface area contributed by atoms with Gasteiger partial charge in [0.05, 0.1) is 43.9 Å². The fourth-order valence-electron chi connectivity index (χ4n) is 6.67. The normalized spacial score (nSPS) is 11.6. The number of para-hydroxylation sites is 2. The van der Waals surface area contributed by atoms with Gasteiger partial charge in [-0.15, -0.1) is 10.2 Å². The Bertz CT molecular complexity index is 3260. The van der Waals surface area contributed by atoms with Gasteiger partial charge in [-0.25, -0.2) is 4.98 Å². The first kappa shape index (κ1) is 38.6.